The van der Waals surface area contributed by atoms with E-state index in [2.05, 4.69) is 47.0 Å². The van der Waals surface area contributed by atoms with Gasteiger partial charge in [0.2, 0.25) is 5.91 Å². The Bertz CT molecular complexity index is 1110. The van der Waals surface area contributed by atoms with E-state index in [0.717, 1.165) is 34.9 Å². The number of nitrogens with one attached hydrogen (secondary N) is 1. The third kappa shape index (κ3) is 4.21. The maximum absolute atomic E-state index is 12.6. The monoisotopic (exact) mass is 387 g/mol. The van der Waals surface area contributed by atoms with Gasteiger partial charge in [-0.25, -0.2) is 9.67 Å². The second-order valence-electron chi connectivity index (χ2n) is 7.53. The number of aryl methyl sites for hydroxylation is 1. The molecule has 0 bridgehead atoms. The van der Waals surface area contributed by atoms with E-state index in [1.54, 1.807) is 6.20 Å². The topological polar surface area (TPSA) is 64.7 Å². The molecule has 6 nitrogen and oxygen atoms in total. The fourth-order valence-corrected chi connectivity index (χ4v) is 3.47. The molecule has 0 saturated carbocycles. The van der Waals surface area contributed by atoms with Gasteiger partial charge in [0.1, 0.15) is 11.6 Å². The lowest BCUT2D eigenvalue weighted by atomic mass is 10.2. The summed E-state index contributed by atoms with van der Waals surface area (Å²) < 4.78 is 3.97. The quantitative estimate of drug-likeness (QED) is 0.509. The van der Waals surface area contributed by atoms with Crippen LogP contribution in [-0.2, 0) is 17.8 Å². The summed E-state index contributed by atoms with van der Waals surface area (Å²) in [5, 5.41) is 7.28. The number of rotatable bonds is 7. The molecule has 0 saturated heterocycles. The molecule has 0 spiro atoms. The Morgan fingerprint density at radius 3 is 2.59 bits per heavy atom. The number of benzene rings is 2. The SMILES string of the molecule is CC(C)Cn1nccc1NC(=O)CCc1nc2ccccc2n1-c1ccccc1. The highest BCUT2D eigenvalue weighted by Crippen LogP contribution is 2.22. The molecule has 0 aliphatic rings. The normalized spacial score (nSPS) is 11.3. The number of aromatic nitrogens is 4. The molecule has 0 aliphatic carbocycles. The molecular formula is C23H25N5O. The second kappa shape index (κ2) is 8.31. The highest BCUT2D eigenvalue weighted by Gasteiger charge is 2.14. The van der Waals surface area contributed by atoms with Crippen LogP contribution in [0.15, 0.2) is 66.9 Å². The average molecular weight is 387 g/mol. The van der Waals surface area contributed by atoms with Gasteiger partial charge in [0.25, 0.3) is 0 Å². The average Bonchev–Trinajstić information content (AvgIpc) is 3.30. The first-order chi connectivity index (χ1) is 14.1. The van der Waals surface area contributed by atoms with Crippen LogP contribution in [0, 0.1) is 5.92 Å². The van der Waals surface area contributed by atoms with E-state index >= 15 is 0 Å². The first-order valence-electron chi connectivity index (χ1n) is 9.95. The molecule has 2 aromatic heterocycles. The molecule has 4 rings (SSSR count). The molecule has 148 valence electrons. The zero-order chi connectivity index (χ0) is 20.2. The van der Waals surface area contributed by atoms with E-state index in [4.69, 9.17) is 4.98 Å². The van der Waals surface area contributed by atoms with Gasteiger partial charge in [-0.3, -0.25) is 9.36 Å². The standard InChI is InChI=1S/C23H25N5O/c1-17(2)16-27-21(14-15-24-27)26-23(29)13-12-22-25-19-10-6-7-11-20(19)28(22)18-8-4-3-5-9-18/h3-11,14-15,17H,12-13,16H2,1-2H3,(H,26,29). The molecular weight excluding hydrogens is 362 g/mol. The van der Waals surface area contributed by atoms with Crippen molar-refractivity contribution < 1.29 is 4.79 Å². The number of nitrogens with zero attached hydrogens (tertiary/aromatic N) is 4. The zero-order valence-electron chi connectivity index (χ0n) is 16.7. The number of amides is 1. The van der Waals surface area contributed by atoms with Crippen molar-refractivity contribution in [1.29, 1.82) is 0 Å². The highest BCUT2D eigenvalue weighted by molar-refractivity contribution is 5.90. The van der Waals surface area contributed by atoms with Crippen molar-refractivity contribution in [2.24, 2.45) is 5.92 Å². The van der Waals surface area contributed by atoms with Crippen LogP contribution in [-0.4, -0.2) is 25.2 Å². The van der Waals surface area contributed by atoms with Gasteiger partial charge in [-0.1, -0.05) is 44.2 Å². The van der Waals surface area contributed by atoms with Crippen LogP contribution in [0.3, 0.4) is 0 Å². The van der Waals surface area contributed by atoms with Gasteiger partial charge in [-0.05, 0) is 30.2 Å². The summed E-state index contributed by atoms with van der Waals surface area (Å²) in [6, 6.07) is 20.0. The van der Waals surface area contributed by atoms with Crippen molar-refractivity contribution in [3.8, 4) is 5.69 Å². The molecule has 0 radical (unpaired) electrons. The second-order valence-corrected chi connectivity index (χ2v) is 7.53. The minimum Gasteiger partial charge on any atom is -0.311 e. The number of hydrogen-bond donors (Lipinski definition) is 1. The number of carbonyl (C=O) groups excluding carboxylic acids is 1. The van der Waals surface area contributed by atoms with Gasteiger partial charge in [-0.15, -0.1) is 0 Å². The predicted molar refractivity (Wildman–Crippen MR) is 115 cm³/mol. The van der Waals surface area contributed by atoms with Gasteiger partial charge >= 0.3 is 0 Å². The van der Waals surface area contributed by atoms with Gasteiger partial charge in [-0.2, -0.15) is 5.10 Å². The largest absolute Gasteiger partial charge is 0.311 e. The minimum atomic E-state index is -0.0397. The number of anilines is 1. The Hall–Kier alpha value is -3.41. The van der Waals surface area contributed by atoms with Crippen LogP contribution < -0.4 is 5.32 Å². The third-order valence-corrected chi connectivity index (χ3v) is 4.74. The Morgan fingerprint density at radius 1 is 1.03 bits per heavy atom. The smallest absolute Gasteiger partial charge is 0.225 e. The Morgan fingerprint density at radius 2 is 1.79 bits per heavy atom. The summed E-state index contributed by atoms with van der Waals surface area (Å²) in [5.41, 5.74) is 3.03. The third-order valence-electron chi connectivity index (χ3n) is 4.74. The summed E-state index contributed by atoms with van der Waals surface area (Å²) in [7, 11) is 0. The molecule has 2 heterocycles. The number of hydrogen-bond acceptors (Lipinski definition) is 3. The summed E-state index contributed by atoms with van der Waals surface area (Å²) in [6.45, 7) is 5.02. The predicted octanol–water partition coefficient (Wildman–Crippen LogP) is 4.45. The van der Waals surface area contributed by atoms with Crippen molar-refractivity contribution in [3.05, 3.63) is 72.7 Å². The molecule has 0 aliphatic heterocycles. The van der Waals surface area contributed by atoms with E-state index in [1.165, 1.54) is 0 Å². The molecule has 0 atom stereocenters. The molecule has 4 aromatic rings. The van der Waals surface area contributed by atoms with Crippen molar-refractivity contribution in [2.45, 2.75) is 33.2 Å². The van der Waals surface area contributed by atoms with Gasteiger partial charge in [0, 0.05) is 31.1 Å². The number of fused-ring (bicyclic) bond motifs is 1. The fraction of sp³-hybridized carbons (Fsp3) is 0.261. The van der Waals surface area contributed by atoms with Crippen LogP contribution in [0.4, 0.5) is 5.82 Å². The van der Waals surface area contributed by atoms with Crippen LogP contribution in [0.25, 0.3) is 16.7 Å². The lowest BCUT2D eigenvalue weighted by molar-refractivity contribution is -0.116. The first kappa shape index (κ1) is 18.9. The van der Waals surface area contributed by atoms with Crippen molar-refractivity contribution in [1.82, 2.24) is 19.3 Å². The summed E-state index contributed by atoms with van der Waals surface area (Å²) >= 11 is 0. The van der Waals surface area contributed by atoms with E-state index in [9.17, 15) is 4.79 Å². The maximum atomic E-state index is 12.6. The van der Waals surface area contributed by atoms with Gasteiger partial charge < -0.3 is 5.32 Å². The number of para-hydroxylation sites is 3. The molecule has 1 N–H and O–H groups in total. The molecule has 29 heavy (non-hydrogen) atoms. The number of imidazole rings is 1. The van der Waals surface area contributed by atoms with Crippen LogP contribution in [0.1, 0.15) is 26.1 Å². The van der Waals surface area contributed by atoms with Crippen LogP contribution in [0.5, 0.6) is 0 Å². The Labute approximate surface area is 170 Å². The molecule has 0 unspecified atom stereocenters. The first-order valence-corrected chi connectivity index (χ1v) is 9.95. The molecule has 1 amide bonds. The Balaban J connectivity index is 1.53. The van der Waals surface area contributed by atoms with Gasteiger partial charge in [0.05, 0.1) is 17.2 Å². The van der Waals surface area contributed by atoms with E-state index in [-0.39, 0.29) is 5.91 Å². The fourth-order valence-electron chi connectivity index (χ4n) is 3.47. The van der Waals surface area contributed by atoms with E-state index in [1.807, 2.05) is 47.1 Å². The highest BCUT2D eigenvalue weighted by atomic mass is 16.1. The maximum Gasteiger partial charge on any atom is 0.225 e. The summed E-state index contributed by atoms with van der Waals surface area (Å²) in [4.78, 5) is 17.4. The van der Waals surface area contributed by atoms with Crippen molar-refractivity contribution in [3.63, 3.8) is 0 Å². The lowest BCUT2D eigenvalue weighted by Gasteiger charge is -2.11. The molecule has 0 fully saturated rings. The van der Waals surface area contributed by atoms with E-state index < -0.39 is 0 Å². The van der Waals surface area contributed by atoms with Gasteiger partial charge in [0.15, 0.2) is 0 Å². The zero-order valence-corrected chi connectivity index (χ0v) is 16.7. The van der Waals surface area contributed by atoms with E-state index in [0.29, 0.717) is 18.8 Å². The molecule has 6 heteroatoms. The molecule has 2 aromatic carbocycles. The number of carbonyl (C=O) groups is 1. The van der Waals surface area contributed by atoms with Crippen molar-refractivity contribution in [2.75, 3.05) is 5.32 Å². The van der Waals surface area contributed by atoms with Crippen LogP contribution in [0.2, 0.25) is 0 Å². The summed E-state index contributed by atoms with van der Waals surface area (Å²) in [6.07, 6.45) is 2.61. The summed E-state index contributed by atoms with van der Waals surface area (Å²) in [5.74, 6) is 2.03. The minimum absolute atomic E-state index is 0.0397. The van der Waals surface area contributed by atoms with Crippen molar-refractivity contribution >= 4 is 22.8 Å². The van der Waals surface area contributed by atoms with Crippen LogP contribution >= 0.6 is 0 Å². The Kier molecular flexibility index (Phi) is 5.42. The lowest BCUT2D eigenvalue weighted by Crippen LogP contribution is -2.18.